The van der Waals surface area contributed by atoms with E-state index in [9.17, 15) is 4.79 Å². The van der Waals surface area contributed by atoms with Crippen LogP contribution in [0.15, 0.2) is 54.6 Å². The van der Waals surface area contributed by atoms with Crippen LogP contribution in [0.4, 0.5) is 5.69 Å². The summed E-state index contributed by atoms with van der Waals surface area (Å²) in [6.45, 7) is 5.45. The van der Waals surface area contributed by atoms with Crippen LogP contribution in [0.25, 0.3) is 0 Å². The van der Waals surface area contributed by atoms with E-state index >= 15 is 0 Å². The van der Waals surface area contributed by atoms with Gasteiger partial charge < -0.3 is 9.64 Å². The first kappa shape index (κ1) is 15.2. The lowest BCUT2D eigenvalue weighted by Gasteiger charge is -2.63. The average molecular weight is 322 g/mol. The van der Waals surface area contributed by atoms with E-state index in [4.69, 9.17) is 4.74 Å². The molecule has 24 heavy (non-hydrogen) atoms. The van der Waals surface area contributed by atoms with Crippen LogP contribution in [0.2, 0.25) is 0 Å². The fraction of sp³-hybridized carbons (Fsp3) is 0.350. The van der Waals surface area contributed by atoms with Crippen molar-refractivity contribution < 1.29 is 9.53 Å². The van der Waals surface area contributed by atoms with Gasteiger partial charge in [0.05, 0.1) is 18.2 Å². The number of nitrogens with zero attached hydrogens (tertiary/aromatic N) is 2. The predicted octanol–water partition coefficient (Wildman–Crippen LogP) is 2.94. The smallest absolute Gasteiger partial charge is 0.338 e. The molecule has 2 heterocycles. The summed E-state index contributed by atoms with van der Waals surface area (Å²) < 4.78 is 5.03. The number of piperazine rings is 1. The van der Waals surface area contributed by atoms with Crippen LogP contribution in [-0.4, -0.2) is 42.6 Å². The Morgan fingerprint density at radius 2 is 1.79 bits per heavy atom. The number of hydrogen-bond acceptors (Lipinski definition) is 4. The molecule has 2 fully saturated rings. The molecule has 0 radical (unpaired) electrons. The molecule has 2 aromatic carbocycles. The van der Waals surface area contributed by atoms with Crippen LogP contribution in [-0.2, 0) is 11.3 Å². The predicted molar refractivity (Wildman–Crippen MR) is 94.2 cm³/mol. The van der Waals surface area contributed by atoms with Gasteiger partial charge >= 0.3 is 5.97 Å². The summed E-state index contributed by atoms with van der Waals surface area (Å²) >= 11 is 0. The summed E-state index contributed by atoms with van der Waals surface area (Å²) in [7, 11) is 0. The van der Waals surface area contributed by atoms with Crippen molar-refractivity contribution >= 4 is 11.7 Å². The molecule has 0 bridgehead atoms. The van der Waals surface area contributed by atoms with Crippen molar-refractivity contribution in [2.45, 2.75) is 25.6 Å². The number of ether oxygens (including phenoxy) is 1. The summed E-state index contributed by atoms with van der Waals surface area (Å²) in [6, 6.07) is 19.7. The summed E-state index contributed by atoms with van der Waals surface area (Å²) in [5, 5.41) is 0. The van der Waals surface area contributed by atoms with Crippen LogP contribution in [0.1, 0.15) is 22.8 Å². The topological polar surface area (TPSA) is 32.8 Å². The molecule has 1 unspecified atom stereocenters. The largest absolute Gasteiger partial charge is 0.462 e. The minimum Gasteiger partial charge on any atom is -0.462 e. The van der Waals surface area contributed by atoms with Gasteiger partial charge in [-0.15, -0.1) is 0 Å². The van der Waals surface area contributed by atoms with E-state index in [-0.39, 0.29) is 5.97 Å². The molecule has 124 valence electrons. The minimum absolute atomic E-state index is 0.247. The molecule has 0 saturated carbocycles. The van der Waals surface area contributed by atoms with Crippen molar-refractivity contribution in [3.63, 3.8) is 0 Å². The highest BCUT2D eigenvalue weighted by atomic mass is 16.5. The molecule has 0 aromatic heterocycles. The molecule has 4 rings (SSSR count). The van der Waals surface area contributed by atoms with Crippen molar-refractivity contribution in [2.24, 2.45) is 0 Å². The Morgan fingerprint density at radius 1 is 1.04 bits per heavy atom. The fourth-order valence-corrected chi connectivity index (χ4v) is 3.65. The summed E-state index contributed by atoms with van der Waals surface area (Å²) in [5.41, 5.74) is 3.20. The molecular formula is C20H22N2O2. The van der Waals surface area contributed by atoms with Gasteiger partial charge in [0.2, 0.25) is 0 Å². The molecule has 2 aliphatic heterocycles. The first-order chi connectivity index (χ1) is 11.8. The van der Waals surface area contributed by atoms with E-state index < -0.39 is 0 Å². The first-order valence-corrected chi connectivity index (χ1v) is 8.58. The lowest BCUT2D eigenvalue weighted by Crippen LogP contribution is -2.78. The Kier molecular flexibility index (Phi) is 3.98. The molecule has 4 heteroatoms. The van der Waals surface area contributed by atoms with Crippen LogP contribution < -0.4 is 4.90 Å². The number of benzene rings is 2. The number of rotatable bonds is 5. The minimum atomic E-state index is -0.247. The second-order valence-corrected chi connectivity index (χ2v) is 6.47. The number of fused-ring (bicyclic) bond motifs is 1. The van der Waals surface area contributed by atoms with Crippen LogP contribution in [0.5, 0.6) is 0 Å². The highest BCUT2D eigenvalue weighted by Gasteiger charge is 2.51. The molecule has 2 aromatic rings. The Hall–Kier alpha value is -2.33. The third-order valence-electron chi connectivity index (χ3n) is 5.06. The third-order valence-corrected chi connectivity index (χ3v) is 5.06. The summed E-state index contributed by atoms with van der Waals surface area (Å²) in [5.74, 6) is -0.247. The standard InChI is InChI=1S/C20H22N2O2/c1-2-24-20(23)16-8-10-17(11-9-16)22-14-18-19(22)13-21(18)12-15-6-4-3-5-7-15/h3-11,18-19H,2,12-14H2,1H3/t18?,19-/m0/s1. The molecule has 2 atom stereocenters. The number of carbonyl (C=O) groups is 1. The zero-order chi connectivity index (χ0) is 16.5. The molecule has 0 N–H and O–H groups in total. The van der Waals surface area contributed by atoms with Gasteiger partial charge in [-0.3, -0.25) is 4.90 Å². The van der Waals surface area contributed by atoms with Gasteiger partial charge in [-0.25, -0.2) is 4.79 Å². The normalized spacial score (nSPS) is 22.3. The third kappa shape index (κ3) is 2.67. The van der Waals surface area contributed by atoms with Crippen molar-refractivity contribution in [3.8, 4) is 0 Å². The van der Waals surface area contributed by atoms with E-state index in [2.05, 4.69) is 40.1 Å². The molecule has 2 saturated heterocycles. The Bertz CT molecular complexity index is 714. The maximum atomic E-state index is 11.7. The fourth-order valence-electron chi connectivity index (χ4n) is 3.65. The van der Waals surface area contributed by atoms with Crippen molar-refractivity contribution in [2.75, 3.05) is 24.6 Å². The number of esters is 1. The van der Waals surface area contributed by atoms with E-state index in [1.54, 1.807) is 0 Å². The van der Waals surface area contributed by atoms with Crippen LogP contribution in [0, 0.1) is 0 Å². The first-order valence-electron chi connectivity index (χ1n) is 8.58. The maximum absolute atomic E-state index is 11.7. The molecule has 2 aliphatic rings. The summed E-state index contributed by atoms with van der Waals surface area (Å²) in [6.07, 6.45) is 0. The van der Waals surface area contributed by atoms with E-state index in [0.717, 1.165) is 19.6 Å². The van der Waals surface area contributed by atoms with Gasteiger partial charge in [-0.1, -0.05) is 30.3 Å². The Morgan fingerprint density at radius 3 is 2.42 bits per heavy atom. The SMILES string of the molecule is CCOC(=O)c1ccc(N2CC3[C@@H]2CN3Cc2ccccc2)cc1. The van der Waals surface area contributed by atoms with E-state index in [0.29, 0.717) is 24.3 Å². The van der Waals surface area contributed by atoms with Crippen molar-refractivity contribution in [1.82, 2.24) is 4.90 Å². The van der Waals surface area contributed by atoms with Gasteiger partial charge in [-0.05, 0) is 36.8 Å². The Balaban J connectivity index is 1.34. The molecule has 0 aliphatic carbocycles. The van der Waals surface area contributed by atoms with Crippen molar-refractivity contribution in [3.05, 3.63) is 65.7 Å². The monoisotopic (exact) mass is 322 g/mol. The van der Waals surface area contributed by atoms with E-state index in [1.165, 1.54) is 11.3 Å². The van der Waals surface area contributed by atoms with Crippen molar-refractivity contribution in [1.29, 1.82) is 0 Å². The van der Waals surface area contributed by atoms with Gasteiger partial charge in [0.15, 0.2) is 0 Å². The maximum Gasteiger partial charge on any atom is 0.338 e. The lowest BCUT2D eigenvalue weighted by atomic mass is 9.84. The van der Waals surface area contributed by atoms with Gasteiger partial charge in [-0.2, -0.15) is 0 Å². The zero-order valence-electron chi connectivity index (χ0n) is 13.9. The van der Waals surface area contributed by atoms with Crippen LogP contribution in [0.3, 0.4) is 0 Å². The second kappa shape index (κ2) is 6.29. The highest BCUT2D eigenvalue weighted by Crippen LogP contribution is 2.38. The van der Waals surface area contributed by atoms with Gasteiger partial charge in [0.25, 0.3) is 0 Å². The molecular weight excluding hydrogens is 300 g/mol. The number of anilines is 1. The lowest BCUT2D eigenvalue weighted by molar-refractivity contribution is 0.00410. The summed E-state index contributed by atoms with van der Waals surface area (Å²) in [4.78, 5) is 16.7. The number of carbonyl (C=O) groups excluding carboxylic acids is 1. The van der Waals surface area contributed by atoms with Gasteiger partial charge in [0.1, 0.15) is 0 Å². The second-order valence-electron chi connectivity index (χ2n) is 6.47. The Labute approximate surface area is 142 Å². The molecule has 0 amide bonds. The zero-order valence-corrected chi connectivity index (χ0v) is 13.9. The average Bonchev–Trinajstić information content (AvgIpc) is 2.60. The number of likely N-dealkylation sites (tertiary alicyclic amines) is 1. The number of hydrogen-bond donors (Lipinski definition) is 0. The van der Waals surface area contributed by atoms with Crippen LogP contribution >= 0.6 is 0 Å². The molecule has 0 spiro atoms. The highest BCUT2D eigenvalue weighted by molar-refractivity contribution is 5.89. The quantitative estimate of drug-likeness (QED) is 0.793. The van der Waals surface area contributed by atoms with Gasteiger partial charge in [0, 0.05) is 31.4 Å². The molecule has 4 nitrogen and oxygen atoms in total. The van der Waals surface area contributed by atoms with E-state index in [1.807, 2.05) is 31.2 Å².